The molecule has 0 aliphatic heterocycles. The van der Waals surface area contributed by atoms with Gasteiger partial charge in [-0.3, -0.25) is 0 Å². The van der Waals surface area contributed by atoms with E-state index in [1.165, 1.54) is 25.0 Å². The van der Waals surface area contributed by atoms with Crippen molar-refractivity contribution < 1.29 is 22.0 Å². The Hall–Kier alpha value is -2.95. The van der Waals surface area contributed by atoms with Crippen molar-refractivity contribution in [3.05, 3.63) is 83.2 Å². The zero-order valence-electron chi connectivity index (χ0n) is 18.9. The van der Waals surface area contributed by atoms with Gasteiger partial charge in [0, 0.05) is 10.8 Å². The van der Waals surface area contributed by atoms with Crippen molar-refractivity contribution in [2.24, 2.45) is 5.92 Å². The average Bonchev–Trinajstić information content (AvgIpc) is 2.82. The van der Waals surface area contributed by atoms with Gasteiger partial charge in [0.25, 0.3) is 0 Å². The van der Waals surface area contributed by atoms with Crippen molar-refractivity contribution in [2.75, 3.05) is 0 Å². The van der Waals surface area contributed by atoms with Crippen molar-refractivity contribution in [2.45, 2.75) is 51.4 Å². The summed E-state index contributed by atoms with van der Waals surface area (Å²) >= 11 is 0. The Bertz CT molecular complexity index is 1360. The third kappa shape index (κ3) is 4.06. The fourth-order valence-corrected chi connectivity index (χ4v) is 5.56. The highest BCUT2D eigenvalue weighted by atomic mass is 19.2. The van der Waals surface area contributed by atoms with Crippen LogP contribution in [0.3, 0.4) is 0 Å². The second-order valence-corrected chi connectivity index (χ2v) is 9.48. The molecule has 1 aliphatic rings. The first-order chi connectivity index (χ1) is 16.4. The molecule has 0 unspecified atom stereocenters. The molecule has 4 aromatic carbocycles. The molecule has 0 atom stereocenters. The van der Waals surface area contributed by atoms with Crippen LogP contribution in [0.15, 0.2) is 48.5 Å². The third-order valence-corrected chi connectivity index (χ3v) is 7.29. The summed E-state index contributed by atoms with van der Waals surface area (Å²) < 4.78 is 71.4. The number of hydrogen-bond acceptors (Lipinski definition) is 0. The quantitative estimate of drug-likeness (QED) is 0.159. The molecular formula is C29H25F5. The molecule has 34 heavy (non-hydrogen) atoms. The second kappa shape index (κ2) is 9.01. The van der Waals surface area contributed by atoms with Gasteiger partial charge in [-0.15, -0.1) is 0 Å². The van der Waals surface area contributed by atoms with E-state index in [0.717, 1.165) is 55.4 Å². The summed E-state index contributed by atoms with van der Waals surface area (Å²) in [7, 11) is 0. The molecule has 5 rings (SSSR count). The van der Waals surface area contributed by atoms with Crippen LogP contribution in [-0.2, 0) is 0 Å². The Kier molecular flexibility index (Phi) is 6.05. The summed E-state index contributed by atoms with van der Waals surface area (Å²) in [6.45, 7) is 2.20. The van der Waals surface area contributed by atoms with E-state index in [0.29, 0.717) is 16.7 Å². The van der Waals surface area contributed by atoms with E-state index in [9.17, 15) is 13.2 Å². The molecule has 0 aromatic heterocycles. The van der Waals surface area contributed by atoms with Crippen LogP contribution >= 0.6 is 0 Å². The third-order valence-electron chi connectivity index (χ3n) is 7.29. The van der Waals surface area contributed by atoms with E-state index in [2.05, 4.69) is 6.92 Å². The molecule has 0 heterocycles. The van der Waals surface area contributed by atoms with Gasteiger partial charge < -0.3 is 0 Å². The molecule has 0 amide bonds. The summed E-state index contributed by atoms with van der Waals surface area (Å²) in [5, 5.41) is 1.35. The lowest BCUT2D eigenvalue weighted by Gasteiger charge is -2.29. The predicted molar refractivity (Wildman–Crippen MR) is 126 cm³/mol. The largest absolute Gasteiger partial charge is 0.206 e. The van der Waals surface area contributed by atoms with Crippen LogP contribution in [-0.4, -0.2) is 0 Å². The van der Waals surface area contributed by atoms with E-state index >= 15 is 8.78 Å². The summed E-state index contributed by atoms with van der Waals surface area (Å²) in [5.74, 6) is -4.39. The summed E-state index contributed by atoms with van der Waals surface area (Å²) in [5.41, 5.74) is 1.14. The van der Waals surface area contributed by atoms with Crippen molar-refractivity contribution >= 4 is 21.5 Å². The van der Waals surface area contributed by atoms with Crippen LogP contribution in [0.4, 0.5) is 22.0 Å². The summed E-state index contributed by atoms with van der Waals surface area (Å²) in [4.78, 5) is 0. The van der Waals surface area contributed by atoms with E-state index in [4.69, 9.17) is 0 Å². The van der Waals surface area contributed by atoms with Gasteiger partial charge in [-0.2, -0.15) is 0 Å². The van der Waals surface area contributed by atoms with Crippen molar-refractivity contribution in [3.8, 4) is 11.1 Å². The van der Waals surface area contributed by atoms with E-state index < -0.39 is 29.1 Å². The van der Waals surface area contributed by atoms with Gasteiger partial charge in [-0.1, -0.05) is 38.0 Å². The lowest BCUT2D eigenvalue weighted by molar-refractivity contribution is 0.308. The zero-order valence-corrected chi connectivity index (χ0v) is 18.9. The molecule has 0 radical (unpaired) electrons. The van der Waals surface area contributed by atoms with Crippen LogP contribution in [0.2, 0.25) is 0 Å². The highest BCUT2D eigenvalue weighted by Crippen LogP contribution is 2.40. The number of hydrogen-bond donors (Lipinski definition) is 0. The van der Waals surface area contributed by atoms with Gasteiger partial charge in [-0.25, -0.2) is 22.0 Å². The molecule has 0 spiro atoms. The monoisotopic (exact) mass is 468 g/mol. The molecule has 176 valence electrons. The predicted octanol–water partition coefficient (Wildman–Crippen LogP) is 9.43. The fraction of sp³-hybridized carbons (Fsp3) is 0.310. The van der Waals surface area contributed by atoms with Crippen LogP contribution in [0.25, 0.3) is 32.7 Å². The van der Waals surface area contributed by atoms with Gasteiger partial charge in [0.2, 0.25) is 0 Å². The SMILES string of the molecule is CCCC1CCC(c2cc(F)c3c(ccc4cc(-c5cc(F)c(F)c(F)c5)cc(F)c43)c2)CC1. The van der Waals surface area contributed by atoms with E-state index in [-0.39, 0.29) is 21.9 Å². The Balaban J connectivity index is 1.56. The van der Waals surface area contributed by atoms with Crippen LogP contribution < -0.4 is 0 Å². The maximum atomic E-state index is 15.4. The van der Waals surface area contributed by atoms with E-state index in [1.807, 2.05) is 6.07 Å². The minimum atomic E-state index is -1.58. The Morgan fingerprint density at radius 2 is 1.18 bits per heavy atom. The molecule has 1 saturated carbocycles. The summed E-state index contributed by atoms with van der Waals surface area (Å²) in [6, 6.07) is 11.2. The first kappa shape index (κ1) is 22.8. The molecule has 1 aliphatic carbocycles. The highest BCUT2D eigenvalue weighted by Gasteiger charge is 2.23. The lowest BCUT2D eigenvalue weighted by atomic mass is 9.77. The average molecular weight is 469 g/mol. The number of fused-ring (bicyclic) bond motifs is 3. The van der Waals surface area contributed by atoms with Gasteiger partial charge >= 0.3 is 0 Å². The number of halogens is 5. The van der Waals surface area contributed by atoms with E-state index in [1.54, 1.807) is 12.1 Å². The van der Waals surface area contributed by atoms with Crippen molar-refractivity contribution in [3.63, 3.8) is 0 Å². The van der Waals surface area contributed by atoms with Gasteiger partial charge in [0.15, 0.2) is 17.5 Å². The molecule has 1 fully saturated rings. The maximum absolute atomic E-state index is 15.4. The van der Waals surface area contributed by atoms with Crippen molar-refractivity contribution in [1.29, 1.82) is 0 Å². The Morgan fingerprint density at radius 1 is 0.647 bits per heavy atom. The zero-order chi connectivity index (χ0) is 24.0. The minimum Gasteiger partial charge on any atom is -0.206 e. The number of benzene rings is 4. The fourth-order valence-electron chi connectivity index (χ4n) is 5.56. The molecule has 4 aromatic rings. The Labute approximate surface area is 195 Å². The van der Waals surface area contributed by atoms with Gasteiger partial charge in [0.05, 0.1) is 0 Å². The summed E-state index contributed by atoms with van der Waals surface area (Å²) in [6.07, 6.45) is 6.79. The lowest BCUT2D eigenvalue weighted by Crippen LogP contribution is -2.13. The first-order valence-corrected chi connectivity index (χ1v) is 11.9. The maximum Gasteiger partial charge on any atom is 0.194 e. The minimum absolute atomic E-state index is 0.00629. The van der Waals surface area contributed by atoms with Crippen LogP contribution in [0, 0.1) is 35.0 Å². The van der Waals surface area contributed by atoms with Crippen molar-refractivity contribution in [1.82, 2.24) is 0 Å². The highest BCUT2D eigenvalue weighted by molar-refractivity contribution is 6.09. The van der Waals surface area contributed by atoms with Gasteiger partial charge in [-0.05, 0) is 95.3 Å². The molecule has 0 nitrogen and oxygen atoms in total. The van der Waals surface area contributed by atoms with Gasteiger partial charge in [0.1, 0.15) is 11.6 Å². The topological polar surface area (TPSA) is 0 Å². The normalized spacial score (nSPS) is 18.6. The van der Waals surface area contributed by atoms with Crippen LogP contribution in [0.1, 0.15) is 56.9 Å². The second-order valence-electron chi connectivity index (χ2n) is 9.48. The molecular weight excluding hydrogens is 443 g/mol. The molecule has 0 N–H and O–H groups in total. The standard InChI is InChI=1S/C29H25F5/c1-2-3-16-4-6-17(7-5-16)20-10-18-8-9-19-11-21(22-14-25(32)29(34)26(33)15-22)13-24(31)28(19)27(18)23(30)12-20/h8-17H,2-7H2,1H3. The Morgan fingerprint density at radius 3 is 1.79 bits per heavy atom. The molecule has 5 heteroatoms. The smallest absolute Gasteiger partial charge is 0.194 e. The molecule has 0 bridgehead atoms. The molecule has 0 saturated heterocycles. The number of rotatable bonds is 4. The first-order valence-electron chi connectivity index (χ1n) is 11.9. The van der Waals surface area contributed by atoms with Crippen LogP contribution in [0.5, 0.6) is 0 Å².